The quantitative estimate of drug-likeness (QED) is 0.224. The molecule has 0 fully saturated rings. The van der Waals surface area contributed by atoms with Crippen LogP contribution in [0, 0.1) is 0 Å². The van der Waals surface area contributed by atoms with Gasteiger partial charge in [-0.2, -0.15) is 0 Å². The van der Waals surface area contributed by atoms with Gasteiger partial charge in [0.25, 0.3) is 0 Å². The van der Waals surface area contributed by atoms with Crippen molar-refractivity contribution in [1.82, 2.24) is 0 Å². The number of halogens is 6. The summed E-state index contributed by atoms with van der Waals surface area (Å²) in [6.45, 7) is 0. The van der Waals surface area contributed by atoms with Crippen LogP contribution in [0.4, 0.5) is 0 Å². The summed E-state index contributed by atoms with van der Waals surface area (Å²) >= 11 is 37.2. The van der Waals surface area contributed by atoms with Gasteiger partial charge in [-0.05, 0) is 12.8 Å². The topological polar surface area (TPSA) is 34.1 Å². The van der Waals surface area contributed by atoms with E-state index >= 15 is 0 Å². The SMILES string of the molecule is O=C1c2c(Cl)c(Cl)c(Cl)c(Cl)c2C(=O)[C@@]2(Cl)CC=CC[C@@]12Cl. The molecule has 2 atom stereocenters. The Morgan fingerprint density at radius 2 is 1.00 bits per heavy atom. The van der Waals surface area contributed by atoms with E-state index in [1.165, 1.54) is 0 Å². The molecule has 116 valence electrons. The van der Waals surface area contributed by atoms with E-state index in [2.05, 4.69) is 0 Å². The lowest BCUT2D eigenvalue weighted by atomic mass is 9.68. The number of hydrogen-bond donors (Lipinski definition) is 0. The van der Waals surface area contributed by atoms with Gasteiger partial charge in [-0.1, -0.05) is 58.6 Å². The van der Waals surface area contributed by atoms with E-state index in [1.54, 1.807) is 12.2 Å². The molecule has 0 unspecified atom stereocenters. The minimum absolute atomic E-state index is 0.0954. The second-order valence-electron chi connectivity index (χ2n) is 5.15. The van der Waals surface area contributed by atoms with Gasteiger partial charge in [0.2, 0.25) is 0 Å². The highest BCUT2D eigenvalue weighted by Crippen LogP contribution is 2.55. The maximum absolute atomic E-state index is 12.9. The Balaban J connectivity index is 2.43. The van der Waals surface area contributed by atoms with Crippen molar-refractivity contribution in [2.24, 2.45) is 0 Å². The first-order valence-corrected chi connectivity index (χ1v) is 8.42. The molecule has 0 heterocycles. The lowest BCUT2D eigenvalue weighted by Gasteiger charge is -2.45. The smallest absolute Gasteiger partial charge is 0.188 e. The number of carbonyl (C=O) groups is 2. The second kappa shape index (κ2) is 5.27. The molecule has 0 aromatic heterocycles. The number of allylic oxidation sites excluding steroid dienone is 2. The average Bonchev–Trinajstić information content (AvgIpc) is 2.49. The highest BCUT2D eigenvalue weighted by molar-refractivity contribution is 6.60. The summed E-state index contributed by atoms with van der Waals surface area (Å²) in [5, 5.41) is -0.473. The van der Waals surface area contributed by atoms with Crippen molar-refractivity contribution >= 4 is 81.2 Å². The summed E-state index contributed by atoms with van der Waals surface area (Å²) in [4.78, 5) is 22.6. The Labute approximate surface area is 156 Å². The Bertz CT molecular complexity index is 708. The summed E-state index contributed by atoms with van der Waals surface area (Å²) in [6.07, 6.45) is 3.63. The molecule has 0 amide bonds. The first kappa shape index (κ1) is 16.9. The fourth-order valence-electron chi connectivity index (χ4n) is 2.81. The molecule has 2 nitrogen and oxygen atoms in total. The van der Waals surface area contributed by atoms with Crippen molar-refractivity contribution < 1.29 is 9.59 Å². The second-order valence-corrected chi connectivity index (χ2v) is 7.95. The number of fused-ring (bicyclic) bond motifs is 2. The van der Waals surface area contributed by atoms with Gasteiger partial charge in [-0.15, -0.1) is 23.2 Å². The van der Waals surface area contributed by atoms with Crippen molar-refractivity contribution in [3.8, 4) is 0 Å². The number of alkyl halides is 2. The van der Waals surface area contributed by atoms with Crippen molar-refractivity contribution in [3.63, 3.8) is 0 Å². The lowest BCUT2D eigenvalue weighted by Crippen LogP contribution is -2.60. The molecule has 0 saturated carbocycles. The van der Waals surface area contributed by atoms with Crippen LogP contribution in [0.15, 0.2) is 12.2 Å². The van der Waals surface area contributed by atoms with E-state index in [4.69, 9.17) is 69.6 Å². The van der Waals surface area contributed by atoms with E-state index < -0.39 is 21.3 Å². The van der Waals surface area contributed by atoms with Crippen LogP contribution in [-0.2, 0) is 0 Å². The maximum Gasteiger partial charge on any atom is 0.188 e. The molecule has 2 aliphatic carbocycles. The van der Waals surface area contributed by atoms with E-state index in [0.717, 1.165) is 0 Å². The maximum atomic E-state index is 12.9. The predicted octanol–water partition coefficient (Wildman–Crippen LogP) is 5.98. The molecule has 22 heavy (non-hydrogen) atoms. The van der Waals surface area contributed by atoms with Gasteiger partial charge in [0.05, 0.1) is 31.2 Å². The fraction of sp³-hybridized carbons (Fsp3) is 0.286. The Morgan fingerprint density at radius 1 is 0.682 bits per heavy atom. The largest absolute Gasteiger partial charge is 0.292 e. The fourth-order valence-corrected chi connectivity index (χ4v) is 4.53. The third kappa shape index (κ3) is 1.89. The van der Waals surface area contributed by atoms with E-state index in [0.29, 0.717) is 0 Å². The molecule has 0 N–H and O–H groups in total. The minimum atomic E-state index is -1.63. The van der Waals surface area contributed by atoms with Gasteiger partial charge in [0, 0.05) is 0 Å². The van der Waals surface area contributed by atoms with E-state index in [1.807, 2.05) is 0 Å². The summed E-state index contributed by atoms with van der Waals surface area (Å²) in [5.74, 6) is -1.15. The molecule has 1 aromatic carbocycles. The lowest BCUT2D eigenvalue weighted by molar-refractivity contribution is 0.0784. The molecule has 3 rings (SSSR count). The first-order valence-electron chi connectivity index (χ1n) is 6.15. The average molecular weight is 419 g/mol. The molecule has 0 saturated heterocycles. The van der Waals surface area contributed by atoms with Crippen molar-refractivity contribution in [2.45, 2.75) is 22.6 Å². The van der Waals surface area contributed by atoms with Gasteiger partial charge >= 0.3 is 0 Å². The van der Waals surface area contributed by atoms with Gasteiger partial charge in [-0.25, -0.2) is 0 Å². The summed E-state index contributed by atoms with van der Waals surface area (Å²) in [6, 6.07) is 0. The zero-order valence-corrected chi connectivity index (χ0v) is 15.2. The summed E-state index contributed by atoms with van der Waals surface area (Å²) in [5.41, 5.74) is -0.236. The van der Waals surface area contributed by atoms with Crippen LogP contribution in [0.5, 0.6) is 0 Å². The molecule has 0 aliphatic heterocycles. The molecular weight excluding hydrogens is 413 g/mol. The molecular formula is C14H6Cl6O2. The van der Waals surface area contributed by atoms with Gasteiger partial charge in [0.1, 0.15) is 9.75 Å². The summed E-state index contributed by atoms with van der Waals surface area (Å²) in [7, 11) is 0. The molecule has 8 heteroatoms. The molecule has 0 spiro atoms. The zero-order chi connectivity index (χ0) is 16.4. The van der Waals surface area contributed by atoms with Gasteiger partial charge < -0.3 is 0 Å². The Hall–Kier alpha value is 0.0400. The number of carbonyl (C=O) groups excluding carboxylic acids is 2. The third-order valence-corrected chi connectivity index (χ3v) is 7.23. The normalized spacial score (nSPS) is 30.3. The monoisotopic (exact) mass is 416 g/mol. The number of Topliss-reactive ketones (excluding diaryl/α,β-unsaturated/α-hetero) is 2. The first-order chi connectivity index (χ1) is 10.2. The van der Waals surface area contributed by atoms with Crippen LogP contribution >= 0.6 is 69.6 Å². The van der Waals surface area contributed by atoms with Gasteiger partial charge in [0.15, 0.2) is 11.6 Å². The molecule has 1 aromatic rings. The Kier molecular flexibility index (Phi) is 4.04. The highest BCUT2D eigenvalue weighted by Gasteiger charge is 2.64. The van der Waals surface area contributed by atoms with E-state index in [9.17, 15) is 9.59 Å². The number of hydrogen-bond acceptors (Lipinski definition) is 2. The van der Waals surface area contributed by atoms with Crippen LogP contribution in [0.3, 0.4) is 0 Å². The van der Waals surface area contributed by atoms with Crippen LogP contribution in [0.1, 0.15) is 33.6 Å². The van der Waals surface area contributed by atoms with Crippen LogP contribution in [-0.4, -0.2) is 21.3 Å². The third-order valence-electron chi connectivity index (χ3n) is 4.03. The highest BCUT2D eigenvalue weighted by atomic mass is 35.5. The van der Waals surface area contributed by atoms with Crippen LogP contribution in [0.25, 0.3) is 0 Å². The van der Waals surface area contributed by atoms with Crippen molar-refractivity contribution in [3.05, 3.63) is 43.4 Å². The number of ketones is 2. The van der Waals surface area contributed by atoms with Gasteiger partial charge in [-0.3, -0.25) is 9.59 Å². The minimum Gasteiger partial charge on any atom is -0.292 e. The Morgan fingerprint density at radius 3 is 1.32 bits per heavy atom. The standard InChI is InChI=1S/C14H6Cl6O2/c15-7-5-6(8(16)10(18)9(7)17)12(22)14(20)4-2-1-3-13(14,19)11(5)21/h1-2H,3-4H2/t13-,14+. The van der Waals surface area contributed by atoms with Crippen LogP contribution in [0.2, 0.25) is 20.1 Å². The molecule has 2 aliphatic rings. The van der Waals surface area contributed by atoms with Crippen molar-refractivity contribution in [1.29, 1.82) is 0 Å². The zero-order valence-electron chi connectivity index (χ0n) is 10.7. The van der Waals surface area contributed by atoms with Crippen LogP contribution < -0.4 is 0 Å². The summed E-state index contributed by atoms with van der Waals surface area (Å²) < 4.78 is 0. The van der Waals surface area contributed by atoms with Crippen molar-refractivity contribution in [2.75, 3.05) is 0 Å². The molecule has 0 bridgehead atoms. The predicted molar refractivity (Wildman–Crippen MR) is 90.7 cm³/mol. The number of benzene rings is 1. The number of rotatable bonds is 0. The van der Waals surface area contributed by atoms with E-state index in [-0.39, 0.29) is 44.1 Å². The molecule has 0 radical (unpaired) electrons.